The van der Waals surface area contributed by atoms with E-state index in [1.54, 1.807) is 0 Å². The standard InChI is InChI=1S/C40H50N4O6S2/c1-7-23-43(24-8-2)51(47,48)35-17-11-31(12-18-35)39(45)41-37-21-15-33(27-29(37)5)34-16-22-38(30(6)28-34)42-40(46)32-13-19-36(20-14-32)52(49,50)44(25-9-3)26-10-4/h11-22,27-28H,7-10,23-26H2,1-6H3,(H,41,45)(H,42,46). The van der Waals surface area contributed by atoms with Crippen molar-refractivity contribution in [2.45, 2.75) is 77.0 Å². The summed E-state index contributed by atoms with van der Waals surface area (Å²) < 4.78 is 55.4. The molecule has 0 fully saturated rings. The molecule has 4 aromatic rings. The molecule has 0 saturated carbocycles. The van der Waals surface area contributed by atoms with Gasteiger partial charge in [-0.2, -0.15) is 8.61 Å². The lowest BCUT2D eigenvalue weighted by atomic mass is 9.99. The van der Waals surface area contributed by atoms with Crippen molar-refractivity contribution in [1.82, 2.24) is 8.61 Å². The molecule has 0 aliphatic heterocycles. The lowest BCUT2D eigenvalue weighted by Crippen LogP contribution is -2.32. The van der Waals surface area contributed by atoms with E-state index < -0.39 is 20.0 Å². The summed E-state index contributed by atoms with van der Waals surface area (Å²) in [4.78, 5) is 26.5. The zero-order chi connectivity index (χ0) is 38.1. The van der Waals surface area contributed by atoms with E-state index in [0.29, 0.717) is 74.4 Å². The number of anilines is 2. The number of nitrogens with zero attached hydrogens (tertiary/aromatic N) is 2. The minimum absolute atomic E-state index is 0.163. The number of nitrogens with one attached hydrogen (secondary N) is 2. The van der Waals surface area contributed by atoms with Crippen molar-refractivity contribution >= 4 is 43.2 Å². The molecule has 0 aliphatic rings. The van der Waals surface area contributed by atoms with Gasteiger partial charge in [0.1, 0.15) is 0 Å². The molecule has 12 heteroatoms. The van der Waals surface area contributed by atoms with Gasteiger partial charge in [-0.3, -0.25) is 9.59 Å². The molecule has 4 rings (SSSR count). The van der Waals surface area contributed by atoms with Gasteiger partial charge in [-0.25, -0.2) is 16.8 Å². The molecule has 0 saturated heterocycles. The van der Waals surface area contributed by atoms with Crippen LogP contribution in [0.15, 0.2) is 94.7 Å². The van der Waals surface area contributed by atoms with Gasteiger partial charge in [0.25, 0.3) is 11.8 Å². The number of amides is 2. The van der Waals surface area contributed by atoms with E-state index in [0.717, 1.165) is 22.3 Å². The Balaban J connectivity index is 1.42. The number of carbonyl (C=O) groups excluding carboxylic acids is 2. The summed E-state index contributed by atoms with van der Waals surface area (Å²) in [6.45, 7) is 13.3. The van der Waals surface area contributed by atoms with Crippen LogP contribution in [-0.4, -0.2) is 63.4 Å². The average Bonchev–Trinajstić information content (AvgIpc) is 3.13. The van der Waals surface area contributed by atoms with Gasteiger partial charge >= 0.3 is 0 Å². The second kappa shape index (κ2) is 17.9. The van der Waals surface area contributed by atoms with Crippen molar-refractivity contribution in [2.24, 2.45) is 0 Å². The highest BCUT2D eigenvalue weighted by Gasteiger charge is 2.25. The van der Waals surface area contributed by atoms with E-state index in [1.165, 1.54) is 57.1 Å². The van der Waals surface area contributed by atoms with Crippen LogP contribution in [0.2, 0.25) is 0 Å². The van der Waals surface area contributed by atoms with Crippen LogP contribution in [0.5, 0.6) is 0 Å². The largest absolute Gasteiger partial charge is 0.322 e. The number of aryl methyl sites for hydroxylation is 2. The summed E-state index contributed by atoms with van der Waals surface area (Å²) >= 11 is 0. The second-order valence-corrected chi connectivity index (χ2v) is 16.7. The third kappa shape index (κ3) is 9.54. The van der Waals surface area contributed by atoms with Crippen LogP contribution in [0.3, 0.4) is 0 Å². The average molecular weight is 747 g/mol. The number of benzene rings is 4. The third-order valence-electron chi connectivity index (χ3n) is 8.68. The van der Waals surface area contributed by atoms with Gasteiger partial charge in [0.15, 0.2) is 0 Å². The van der Waals surface area contributed by atoms with Crippen LogP contribution in [0.4, 0.5) is 11.4 Å². The number of hydrogen-bond acceptors (Lipinski definition) is 6. The maximum Gasteiger partial charge on any atom is 0.255 e. The van der Waals surface area contributed by atoms with Crippen molar-refractivity contribution in [3.05, 3.63) is 107 Å². The fraction of sp³-hybridized carbons (Fsp3) is 0.350. The van der Waals surface area contributed by atoms with E-state index in [-0.39, 0.29) is 21.6 Å². The molecule has 278 valence electrons. The van der Waals surface area contributed by atoms with Gasteiger partial charge in [-0.05, 0) is 135 Å². The molecule has 4 aromatic carbocycles. The van der Waals surface area contributed by atoms with E-state index >= 15 is 0 Å². The van der Waals surface area contributed by atoms with Gasteiger partial charge in [-0.1, -0.05) is 39.8 Å². The van der Waals surface area contributed by atoms with Crippen molar-refractivity contribution in [3.8, 4) is 11.1 Å². The van der Waals surface area contributed by atoms with Gasteiger partial charge in [0.05, 0.1) is 9.79 Å². The molecule has 10 nitrogen and oxygen atoms in total. The Kier molecular flexibility index (Phi) is 13.9. The van der Waals surface area contributed by atoms with Gasteiger partial charge in [0, 0.05) is 48.7 Å². The van der Waals surface area contributed by atoms with E-state index in [2.05, 4.69) is 10.6 Å². The topological polar surface area (TPSA) is 133 Å². The highest BCUT2D eigenvalue weighted by atomic mass is 32.2. The van der Waals surface area contributed by atoms with E-state index in [1.807, 2.05) is 77.9 Å². The zero-order valence-electron chi connectivity index (χ0n) is 30.9. The van der Waals surface area contributed by atoms with Crippen LogP contribution in [0.25, 0.3) is 11.1 Å². The highest BCUT2D eigenvalue weighted by molar-refractivity contribution is 7.89. The first-order valence-corrected chi connectivity index (χ1v) is 20.7. The van der Waals surface area contributed by atoms with Crippen molar-refractivity contribution in [1.29, 1.82) is 0 Å². The quantitative estimate of drug-likeness (QED) is 0.112. The molecule has 0 atom stereocenters. The minimum Gasteiger partial charge on any atom is -0.322 e. The number of hydrogen-bond donors (Lipinski definition) is 2. The summed E-state index contributed by atoms with van der Waals surface area (Å²) in [6, 6.07) is 23.4. The molecule has 0 spiro atoms. The van der Waals surface area contributed by atoms with Gasteiger partial charge in [-0.15, -0.1) is 0 Å². The van der Waals surface area contributed by atoms with E-state index in [9.17, 15) is 26.4 Å². The Morgan fingerprint density at radius 3 is 1.08 bits per heavy atom. The highest BCUT2D eigenvalue weighted by Crippen LogP contribution is 2.29. The van der Waals surface area contributed by atoms with Crippen LogP contribution >= 0.6 is 0 Å². The molecule has 0 unspecified atom stereocenters. The third-order valence-corrected chi connectivity index (χ3v) is 12.5. The van der Waals surface area contributed by atoms with Crippen LogP contribution in [-0.2, 0) is 20.0 Å². The van der Waals surface area contributed by atoms with Crippen molar-refractivity contribution in [3.63, 3.8) is 0 Å². The molecule has 52 heavy (non-hydrogen) atoms. The summed E-state index contributed by atoms with van der Waals surface area (Å²) in [6.07, 6.45) is 2.86. The summed E-state index contributed by atoms with van der Waals surface area (Å²) in [5, 5.41) is 5.86. The second-order valence-electron chi connectivity index (χ2n) is 12.8. The molecular weight excluding hydrogens is 697 g/mol. The first-order chi connectivity index (χ1) is 24.8. The molecule has 0 aliphatic carbocycles. The predicted octanol–water partition coefficient (Wildman–Crippen LogP) is 8.10. The Hall–Kier alpha value is -4.36. The number of rotatable bonds is 17. The molecule has 2 amide bonds. The first-order valence-electron chi connectivity index (χ1n) is 17.8. The van der Waals surface area contributed by atoms with E-state index in [4.69, 9.17) is 0 Å². The molecular formula is C40H50N4O6S2. The molecule has 0 heterocycles. The lowest BCUT2D eigenvalue weighted by molar-refractivity contribution is 0.101. The Bertz CT molecular complexity index is 1920. The number of carbonyl (C=O) groups is 2. The molecule has 0 bridgehead atoms. The maximum atomic E-state index is 13.1. The van der Waals surface area contributed by atoms with Crippen LogP contribution < -0.4 is 10.6 Å². The number of sulfonamides is 2. The molecule has 0 radical (unpaired) electrons. The first kappa shape index (κ1) is 40.4. The monoisotopic (exact) mass is 746 g/mol. The molecule has 0 aromatic heterocycles. The van der Waals surface area contributed by atoms with Crippen molar-refractivity contribution in [2.75, 3.05) is 36.8 Å². The summed E-state index contributed by atoms with van der Waals surface area (Å²) in [5.74, 6) is -0.693. The SMILES string of the molecule is CCCN(CCC)S(=O)(=O)c1ccc(C(=O)Nc2ccc(-c3ccc(NC(=O)c4ccc(S(=O)(=O)N(CCC)CCC)cc4)c(C)c3)cc2C)cc1. The smallest absolute Gasteiger partial charge is 0.255 e. The van der Waals surface area contributed by atoms with Gasteiger partial charge < -0.3 is 10.6 Å². The summed E-state index contributed by atoms with van der Waals surface area (Å²) in [7, 11) is -7.28. The predicted molar refractivity (Wildman–Crippen MR) is 209 cm³/mol. The van der Waals surface area contributed by atoms with Gasteiger partial charge in [0.2, 0.25) is 20.0 Å². The Labute approximate surface area is 309 Å². The fourth-order valence-corrected chi connectivity index (χ4v) is 9.16. The molecule has 2 N–H and O–H groups in total. The Morgan fingerprint density at radius 2 is 0.808 bits per heavy atom. The van der Waals surface area contributed by atoms with Crippen LogP contribution in [0.1, 0.15) is 85.2 Å². The lowest BCUT2D eigenvalue weighted by Gasteiger charge is -2.21. The van der Waals surface area contributed by atoms with Crippen molar-refractivity contribution < 1.29 is 26.4 Å². The Morgan fingerprint density at radius 1 is 0.500 bits per heavy atom. The minimum atomic E-state index is -3.64. The fourth-order valence-electron chi connectivity index (χ4n) is 5.91. The summed E-state index contributed by atoms with van der Waals surface area (Å²) in [5.41, 5.74) is 5.48. The zero-order valence-corrected chi connectivity index (χ0v) is 32.5. The maximum absolute atomic E-state index is 13.1. The normalized spacial score (nSPS) is 11.9. The van der Waals surface area contributed by atoms with Crippen LogP contribution in [0, 0.1) is 13.8 Å².